The fourth-order valence-electron chi connectivity index (χ4n) is 2.49. The van der Waals surface area contributed by atoms with Gasteiger partial charge in [-0.05, 0) is 37.6 Å². The van der Waals surface area contributed by atoms with Crippen LogP contribution < -0.4 is 0 Å². The van der Waals surface area contributed by atoms with E-state index >= 15 is 0 Å². The van der Waals surface area contributed by atoms with Crippen LogP contribution in [0.25, 0.3) is 21.8 Å². The number of non-ortho nitro benzene ring substituents is 1. The fourth-order valence-corrected chi connectivity index (χ4v) is 3.42. The van der Waals surface area contributed by atoms with Gasteiger partial charge in [0.2, 0.25) is 0 Å². The molecule has 0 spiro atoms. The molecule has 0 radical (unpaired) electrons. The molecule has 0 aliphatic rings. The number of hydrogen-bond donors (Lipinski definition) is 0. The van der Waals surface area contributed by atoms with Gasteiger partial charge in [0, 0.05) is 28.6 Å². The van der Waals surface area contributed by atoms with Crippen molar-refractivity contribution in [2.75, 3.05) is 0 Å². The minimum Gasteiger partial charge on any atom is -0.258 e. The van der Waals surface area contributed by atoms with Gasteiger partial charge in [-0.25, -0.2) is 4.98 Å². The molecule has 0 aliphatic heterocycles. The van der Waals surface area contributed by atoms with E-state index in [0.717, 1.165) is 16.0 Å². The molecule has 2 aromatic carbocycles. The molecule has 0 N–H and O–H groups in total. The van der Waals surface area contributed by atoms with Crippen LogP contribution in [0.15, 0.2) is 42.5 Å². The van der Waals surface area contributed by atoms with Gasteiger partial charge >= 0.3 is 0 Å². The standard InChI is InChI=1S/C17H13N3O4S/c1-10-3-8-14(15(9-10)20(23)24)16-11(2)25-17(18-16)12-4-6-13(7-5-12)19(21)22/h3-9H,1-2H3. The molecule has 7 nitrogen and oxygen atoms in total. The SMILES string of the molecule is Cc1ccc(-c2nc(-c3ccc([N+](=O)[O-])cc3)sc2C)c([N+](=O)[O-])c1. The molecule has 3 aromatic rings. The molecule has 0 amide bonds. The molecule has 0 saturated heterocycles. The van der Waals surface area contributed by atoms with E-state index in [0.29, 0.717) is 16.3 Å². The summed E-state index contributed by atoms with van der Waals surface area (Å²) in [6, 6.07) is 11.1. The molecule has 0 aliphatic carbocycles. The molecule has 0 atom stereocenters. The Morgan fingerprint density at radius 3 is 2.24 bits per heavy atom. The van der Waals surface area contributed by atoms with E-state index < -0.39 is 9.85 Å². The lowest BCUT2D eigenvalue weighted by Crippen LogP contribution is -1.94. The van der Waals surface area contributed by atoms with E-state index in [1.807, 2.05) is 13.0 Å². The highest BCUT2D eigenvalue weighted by Crippen LogP contribution is 2.37. The third-order valence-electron chi connectivity index (χ3n) is 3.73. The van der Waals surface area contributed by atoms with Crippen LogP contribution >= 0.6 is 11.3 Å². The highest BCUT2D eigenvalue weighted by atomic mass is 32.1. The Labute approximate surface area is 146 Å². The zero-order valence-corrected chi connectivity index (χ0v) is 14.2. The molecule has 0 fully saturated rings. The van der Waals surface area contributed by atoms with E-state index in [1.54, 1.807) is 25.1 Å². The van der Waals surface area contributed by atoms with Gasteiger partial charge in [0.05, 0.1) is 21.1 Å². The largest absolute Gasteiger partial charge is 0.279 e. The van der Waals surface area contributed by atoms with Gasteiger partial charge in [-0.2, -0.15) is 0 Å². The van der Waals surface area contributed by atoms with E-state index in [2.05, 4.69) is 4.98 Å². The highest BCUT2D eigenvalue weighted by Gasteiger charge is 2.21. The molecule has 0 saturated carbocycles. The summed E-state index contributed by atoms with van der Waals surface area (Å²) in [5.74, 6) is 0. The lowest BCUT2D eigenvalue weighted by atomic mass is 10.1. The number of nitro groups is 2. The molecule has 0 unspecified atom stereocenters. The van der Waals surface area contributed by atoms with Crippen LogP contribution in [0.4, 0.5) is 11.4 Å². The van der Waals surface area contributed by atoms with Crippen LogP contribution in [0.5, 0.6) is 0 Å². The Morgan fingerprint density at radius 2 is 1.64 bits per heavy atom. The predicted molar refractivity (Wildman–Crippen MR) is 95.8 cm³/mol. The molecule has 3 rings (SSSR count). The molecule has 126 valence electrons. The van der Waals surface area contributed by atoms with Crippen molar-refractivity contribution in [2.45, 2.75) is 13.8 Å². The Balaban J connectivity index is 2.07. The van der Waals surface area contributed by atoms with E-state index in [1.165, 1.54) is 29.5 Å². The smallest absolute Gasteiger partial charge is 0.258 e. The van der Waals surface area contributed by atoms with Crippen LogP contribution in [-0.4, -0.2) is 14.8 Å². The number of nitro benzene ring substituents is 2. The molecule has 1 aromatic heterocycles. The second kappa shape index (κ2) is 6.40. The molecular formula is C17H13N3O4S. The van der Waals surface area contributed by atoms with Crippen LogP contribution in [-0.2, 0) is 0 Å². The van der Waals surface area contributed by atoms with Crippen molar-refractivity contribution in [1.82, 2.24) is 4.98 Å². The average Bonchev–Trinajstić information content (AvgIpc) is 2.96. The normalized spacial score (nSPS) is 10.6. The maximum Gasteiger partial charge on any atom is 0.279 e. The molecule has 0 bridgehead atoms. The van der Waals surface area contributed by atoms with Gasteiger partial charge in [0.25, 0.3) is 11.4 Å². The van der Waals surface area contributed by atoms with Crippen molar-refractivity contribution in [2.24, 2.45) is 0 Å². The lowest BCUT2D eigenvalue weighted by molar-refractivity contribution is -0.384. The Bertz CT molecular complexity index is 980. The zero-order chi connectivity index (χ0) is 18.1. The first-order valence-corrected chi connectivity index (χ1v) is 8.16. The van der Waals surface area contributed by atoms with E-state index in [9.17, 15) is 20.2 Å². The van der Waals surface area contributed by atoms with Crippen LogP contribution in [0.2, 0.25) is 0 Å². The molecule has 8 heteroatoms. The summed E-state index contributed by atoms with van der Waals surface area (Å²) in [5, 5.41) is 22.8. The minimum atomic E-state index is -0.460. The third kappa shape index (κ3) is 3.24. The van der Waals surface area contributed by atoms with Crippen LogP contribution in [0.1, 0.15) is 10.4 Å². The molecular weight excluding hydrogens is 342 g/mol. The summed E-state index contributed by atoms with van der Waals surface area (Å²) in [4.78, 5) is 26.6. The van der Waals surface area contributed by atoms with Gasteiger partial charge in [-0.3, -0.25) is 20.2 Å². The second-order valence-electron chi connectivity index (χ2n) is 5.51. The lowest BCUT2D eigenvalue weighted by Gasteiger charge is -2.02. The first kappa shape index (κ1) is 16.7. The van der Waals surface area contributed by atoms with Gasteiger partial charge in [-0.1, -0.05) is 6.07 Å². The maximum atomic E-state index is 11.4. The van der Waals surface area contributed by atoms with Gasteiger partial charge in [-0.15, -0.1) is 11.3 Å². The average molecular weight is 355 g/mol. The second-order valence-corrected chi connectivity index (χ2v) is 6.71. The Kier molecular flexibility index (Phi) is 4.28. The molecule has 25 heavy (non-hydrogen) atoms. The van der Waals surface area contributed by atoms with Crippen LogP contribution in [0.3, 0.4) is 0 Å². The molecule has 1 heterocycles. The van der Waals surface area contributed by atoms with Crippen molar-refractivity contribution in [1.29, 1.82) is 0 Å². The summed E-state index contributed by atoms with van der Waals surface area (Å²) in [6.45, 7) is 3.65. The van der Waals surface area contributed by atoms with Gasteiger partial charge in [0.15, 0.2) is 0 Å². The third-order valence-corrected chi connectivity index (χ3v) is 4.75. The van der Waals surface area contributed by atoms with Crippen molar-refractivity contribution >= 4 is 22.7 Å². The first-order valence-electron chi connectivity index (χ1n) is 7.34. The zero-order valence-electron chi connectivity index (χ0n) is 13.4. The van der Waals surface area contributed by atoms with Crippen molar-refractivity contribution in [3.63, 3.8) is 0 Å². The number of rotatable bonds is 4. The number of thiazole rings is 1. The first-order chi connectivity index (χ1) is 11.9. The number of hydrogen-bond acceptors (Lipinski definition) is 6. The predicted octanol–water partition coefficient (Wildman–Crippen LogP) is 4.91. The van der Waals surface area contributed by atoms with Crippen molar-refractivity contribution in [3.8, 4) is 21.8 Å². The Morgan fingerprint density at radius 1 is 0.960 bits per heavy atom. The summed E-state index contributed by atoms with van der Waals surface area (Å²) in [5.41, 5.74) is 2.59. The number of aryl methyl sites for hydroxylation is 2. The Hall–Kier alpha value is -3.13. The monoisotopic (exact) mass is 355 g/mol. The van der Waals surface area contributed by atoms with Crippen molar-refractivity contribution < 1.29 is 9.85 Å². The van der Waals surface area contributed by atoms with Gasteiger partial charge in [0.1, 0.15) is 5.01 Å². The summed E-state index contributed by atoms with van der Waals surface area (Å²) >= 11 is 1.40. The quantitative estimate of drug-likeness (QED) is 0.489. The highest BCUT2D eigenvalue weighted by molar-refractivity contribution is 7.15. The number of aromatic nitrogens is 1. The van der Waals surface area contributed by atoms with E-state index in [4.69, 9.17) is 0 Å². The topological polar surface area (TPSA) is 99.2 Å². The minimum absolute atomic E-state index is 0.00595. The van der Waals surface area contributed by atoms with Gasteiger partial charge < -0.3 is 0 Å². The maximum absolute atomic E-state index is 11.4. The summed E-state index contributed by atoms with van der Waals surface area (Å²) in [6.07, 6.45) is 0. The fraction of sp³-hybridized carbons (Fsp3) is 0.118. The van der Waals surface area contributed by atoms with E-state index in [-0.39, 0.29) is 11.4 Å². The summed E-state index contributed by atoms with van der Waals surface area (Å²) < 4.78 is 0. The van der Waals surface area contributed by atoms with Crippen LogP contribution in [0, 0.1) is 34.1 Å². The number of benzene rings is 2. The summed E-state index contributed by atoms with van der Waals surface area (Å²) in [7, 11) is 0. The van der Waals surface area contributed by atoms with Crippen molar-refractivity contribution in [3.05, 3.63) is 73.1 Å². The number of nitrogens with zero attached hydrogens (tertiary/aromatic N) is 3.